The van der Waals surface area contributed by atoms with Crippen molar-refractivity contribution in [3.05, 3.63) is 108 Å². The van der Waals surface area contributed by atoms with Gasteiger partial charge in [-0.15, -0.1) is 0 Å². The van der Waals surface area contributed by atoms with Crippen molar-refractivity contribution in [2.24, 2.45) is 0 Å². The van der Waals surface area contributed by atoms with Crippen LogP contribution in [0.4, 0.5) is 0 Å². The number of rotatable bonds is 1. The molecule has 0 aliphatic heterocycles. The highest BCUT2D eigenvalue weighted by atomic mass is 32.1. The fourth-order valence-electron chi connectivity index (χ4n) is 6.28. The molecule has 1 aliphatic carbocycles. The van der Waals surface area contributed by atoms with Gasteiger partial charge >= 0.3 is 0 Å². The van der Waals surface area contributed by atoms with Crippen LogP contribution in [0.15, 0.2) is 97.1 Å². The Morgan fingerprint density at radius 1 is 0.714 bits per heavy atom. The van der Waals surface area contributed by atoms with E-state index in [-0.39, 0.29) is 5.41 Å². The summed E-state index contributed by atoms with van der Waals surface area (Å²) in [5, 5.41) is 6.21. The lowest BCUT2D eigenvalue weighted by atomic mass is 9.81. The van der Waals surface area contributed by atoms with Gasteiger partial charge in [0.1, 0.15) is 0 Å². The first kappa shape index (κ1) is 19.4. The quantitative estimate of drug-likeness (QED) is 0.236. The van der Waals surface area contributed by atoms with Crippen molar-refractivity contribution >= 4 is 54.1 Å². The predicted octanol–water partition coefficient (Wildman–Crippen LogP) is 8.85. The molecule has 3 heteroatoms. The highest BCUT2D eigenvalue weighted by molar-refractivity contribution is 7.20. The number of hydrogen-bond donors (Lipinski definition) is 0. The van der Waals surface area contributed by atoms with E-state index in [0.717, 1.165) is 10.6 Å². The molecule has 166 valence electrons. The van der Waals surface area contributed by atoms with Crippen molar-refractivity contribution in [2.75, 3.05) is 0 Å². The molecular formula is C32H22N2S. The van der Waals surface area contributed by atoms with Crippen LogP contribution in [0.5, 0.6) is 0 Å². The normalized spacial score (nSPS) is 14.2. The van der Waals surface area contributed by atoms with Gasteiger partial charge in [0.2, 0.25) is 0 Å². The molecule has 0 amide bonds. The molecule has 7 aromatic rings. The lowest BCUT2D eigenvalue weighted by Gasteiger charge is -2.23. The van der Waals surface area contributed by atoms with Crippen molar-refractivity contribution in [2.45, 2.75) is 19.3 Å². The van der Waals surface area contributed by atoms with E-state index >= 15 is 0 Å². The Hall–Kier alpha value is -3.95. The fourth-order valence-corrected chi connectivity index (χ4v) is 7.27. The summed E-state index contributed by atoms with van der Waals surface area (Å²) in [6.45, 7) is 4.74. The molecule has 0 radical (unpaired) electrons. The predicted molar refractivity (Wildman–Crippen MR) is 149 cm³/mol. The molecule has 0 spiro atoms. The zero-order valence-corrected chi connectivity index (χ0v) is 20.4. The zero-order chi connectivity index (χ0) is 23.3. The maximum atomic E-state index is 5.14. The number of thiazole rings is 1. The molecule has 0 atom stereocenters. The second-order valence-corrected chi connectivity index (χ2v) is 11.0. The molecule has 2 aromatic heterocycles. The standard InChI is InChI=1S/C32H22N2S/c1-32(2)24-12-6-5-11-21(24)22-16-17-23-28-20-10-4-3-9-19(20)15-18-26(28)34(30(23)29(22)32)31-33-25-13-7-8-14-27(25)35-31/h3-18H,1-2H3. The van der Waals surface area contributed by atoms with E-state index in [0.29, 0.717) is 0 Å². The van der Waals surface area contributed by atoms with Crippen LogP contribution >= 0.6 is 11.3 Å². The van der Waals surface area contributed by atoms with Crippen LogP contribution in [0.1, 0.15) is 25.0 Å². The molecule has 8 rings (SSSR count). The maximum absolute atomic E-state index is 5.14. The summed E-state index contributed by atoms with van der Waals surface area (Å²) in [6.07, 6.45) is 0. The highest BCUT2D eigenvalue weighted by Crippen LogP contribution is 2.53. The zero-order valence-electron chi connectivity index (χ0n) is 19.5. The minimum atomic E-state index is -0.107. The monoisotopic (exact) mass is 466 g/mol. The molecule has 0 fully saturated rings. The molecular weight excluding hydrogens is 444 g/mol. The van der Waals surface area contributed by atoms with Crippen molar-refractivity contribution in [3.63, 3.8) is 0 Å². The Bertz CT molecular complexity index is 1950. The summed E-state index contributed by atoms with van der Waals surface area (Å²) in [5.41, 5.74) is 8.94. The average Bonchev–Trinajstić information content (AvgIpc) is 3.52. The Balaban J connectivity index is 1.63. The first-order valence-corrected chi connectivity index (χ1v) is 12.9. The summed E-state index contributed by atoms with van der Waals surface area (Å²) in [5.74, 6) is 0. The molecule has 2 heterocycles. The SMILES string of the molecule is CC1(C)c2ccccc2-c2ccc3c4c5ccccc5ccc4n(-c4nc5ccccc5s4)c3c21. The fraction of sp³-hybridized carbons (Fsp3) is 0.0938. The van der Waals surface area contributed by atoms with Crippen molar-refractivity contribution in [1.82, 2.24) is 9.55 Å². The third kappa shape index (κ3) is 2.41. The van der Waals surface area contributed by atoms with E-state index in [1.165, 1.54) is 59.5 Å². The van der Waals surface area contributed by atoms with E-state index in [9.17, 15) is 0 Å². The second kappa shape index (κ2) is 6.59. The van der Waals surface area contributed by atoms with Crippen LogP contribution in [0.2, 0.25) is 0 Å². The second-order valence-electron chi connectivity index (χ2n) is 10.0. The summed E-state index contributed by atoms with van der Waals surface area (Å²) in [6, 6.07) is 35.3. The van der Waals surface area contributed by atoms with E-state index in [1.54, 1.807) is 11.3 Å². The number of hydrogen-bond acceptors (Lipinski definition) is 2. The first-order valence-electron chi connectivity index (χ1n) is 12.1. The Labute approximate surface area is 207 Å². The van der Waals surface area contributed by atoms with Gasteiger partial charge in [-0.3, -0.25) is 4.57 Å². The lowest BCUT2D eigenvalue weighted by Crippen LogP contribution is -2.16. The summed E-state index contributed by atoms with van der Waals surface area (Å²) in [4.78, 5) is 5.14. The molecule has 0 saturated heterocycles. The van der Waals surface area contributed by atoms with Gasteiger partial charge in [0.05, 0.1) is 21.3 Å². The largest absolute Gasteiger partial charge is 0.285 e. The van der Waals surface area contributed by atoms with E-state index < -0.39 is 0 Å². The molecule has 2 nitrogen and oxygen atoms in total. The Morgan fingerprint density at radius 3 is 2.43 bits per heavy atom. The molecule has 0 saturated carbocycles. The maximum Gasteiger partial charge on any atom is 0.195 e. The highest BCUT2D eigenvalue weighted by Gasteiger charge is 2.38. The number of fused-ring (bicyclic) bond motifs is 10. The van der Waals surface area contributed by atoms with Crippen LogP contribution in [0.3, 0.4) is 0 Å². The van der Waals surface area contributed by atoms with E-state index in [1.807, 2.05) is 0 Å². The van der Waals surface area contributed by atoms with Gasteiger partial charge in [-0.25, -0.2) is 4.98 Å². The number of benzene rings is 5. The van der Waals surface area contributed by atoms with Gasteiger partial charge in [-0.2, -0.15) is 0 Å². The van der Waals surface area contributed by atoms with Crippen LogP contribution < -0.4 is 0 Å². The third-order valence-corrected chi connectivity index (χ3v) is 8.83. The van der Waals surface area contributed by atoms with Gasteiger partial charge in [0.25, 0.3) is 0 Å². The molecule has 0 unspecified atom stereocenters. The van der Waals surface area contributed by atoms with E-state index in [4.69, 9.17) is 4.98 Å². The summed E-state index contributed by atoms with van der Waals surface area (Å²) >= 11 is 1.77. The average molecular weight is 467 g/mol. The molecule has 0 N–H and O–H groups in total. The van der Waals surface area contributed by atoms with Crippen molar-refractivity contribution in [1.29, 1.82) is 0 Å². The van der Waals surface area contributed by atoms with Gasteiger partial charge in [-0.1, -0.05) is 104 Å². The van der Waals surface area contributed by atoms with Gasteiger partial charge < -0.3 is 0 Å². The van der Waals surface area contributed by atoms with Gasteiger partial charge in [0.15, 0.2) is 5.13 Å². The molecule has 35 heavy (non-hydrogen) atoms. The minimum Gasteiger partial charge on any atom is -0.285 e. The smallest absolute Gasteiger partial charge is 0.195 e. The van der Waals surface area contributed by atoms with Crippen LogP contribution in [0, 0.1) is 0 Å². The summed E-state index contributed by atoms with van der Waals surface area (Å²) < 4.78 is 3.65. The van der Waals surface area contributed by atoms with Gasteiger partial charge in [-0.05, 0) is 51.2 Å². The third-order valence-electron chi connectivity index (χ3n) is 7.81. The minimum absolute atomic E-state index is 0.107. The van der Waals surface area contributed by atoms with Gasteiger partial charge in [0, 0.05) is 16.2 Å². The molecule has 5 aromatic carbocycles. The Kier molecular flexibility index (Phi) is 3.64. The van der Waals surface area contributed by atoms with Crippen LogP contribution in [-0.2, 0) is 5.41 Å². The Morgan fingerprint density at radius 2 is 1.51 bits per heavy atom. The van der Waals surface area contributed by atoms with Crippen LogP contribution in [-0.4, -0.2) is 9.55 Å². The summed E-state index contributed by atoms with van der Waals surface area (Å²) in [7, 11) is 0. The van der Waals surface area contributed by atoms with Crippen molar-refractivity contribution < 1.29 is 0 Å². The number of para-hydroxylation sites is 1. The van der Waals surface area contributed by atoms with Crippen molar-refractivity contribution in [3.8, 4) is 16.3 Å². The number of aromatic nitrogens is 2. The van der Waals surface area contributed by atoms with Crippen LogP contribution in [0.25, 0.3) is 59.1 Å². The first-order chi connectivity index (χ1) is 17.1. The molecule has 1 aliphatic rings. The molecule has 0 bridgehead atoms. The lowest BCUT2D eigenvalue weighted by molar-refractivity contribution is 0.664. The van der Waals surface area contributed by atoms with E-state index in [2.05, 4.69) is 115 Å². The number of nitrogens with zero attached hydrogens (tertiary/aromatic N) is 2. The topological polar surface area (TPSA) is 17.8 Å².